The molecule has 1 aromatic carbocycles. The lowest BCUT2D eigenvalue weighted by atomic mass is 9.55. The Morgan fingerprint density at radius 3 is 2.56 bits per heavy atom. The number of amides is 1. The van der Waals surface area contributed by atoms with Gasteiger partial charge in [0, 0.05) is 17.6 Å². The fraction of sp³-hybridized carbons (Fsp3) is 0.654. The number of halogens is 1. The van der Waals surface area contributed by atoms with E-state index in [2.05, 4.69) is 23.7 Å². The van der Waals surface area contributed by atoms with E-state index >= 15 is 0 Å². The first-order valence-electron chi connectivity index (χ1n) is 12.1. The summed E-state index contributed by atoms with van der Waals surface area (Å²) in [5.74, 6) is 1.02. The molecule has 0 spiro atoms. The van der Waals surface area contributed by atoms with Crippen LogP contribution in [0, 0.1) is 17.3 Å². The van der Waals surface area contributed by atoms with Crippen LogP contribution in [0.1, 0.15) is 75.7 Å². The molecule has 2 bridgehead atoms. The number of hydrogen-bond acceptors (Lipinski definition) is 3. The maximum Gasteiger partial charge on any atom is 0.253 e. The highest BCUT2D eigenvalue weighted by molar-refractivity contribution is 6.36. The number of rotatable bonds is 5. The summed E-state index contributed by atoms with van der Waals surface area (Å²) >= 11 is 6.57. The highest BCUT2D eigenvalue weighted by atomic mass is 35.5. The highest BCUT2D eigenvalue weighted by Gasteiger charge is 2.49. The van der Waals surface area contributed by atoms with Crippen LogP contribution in [-0.2, 0) is 4.74 Å². The zero-order valence-corrected chi connectivity index (χ0v) is 20.1. The van der Waals surface area contributed by atoms with Crippen molar-refractivity contribution >= 4 is 28.4 Å². The van der Waals surface area contributed by atoms with E-state index in [1.807, 2.05) is 31.3 Å². The van der Waals surface area contributed by atoms with Gasteiger partial charge in [-0.1, -0.05) is 24.6 Å². The van der Waals surface area contributed by atoms with Gasteiger partial charge in [0.2, 0.25) is 0 Å². The van der Waals surface area contributed by atoms with Crippen LogP contribution in [-0.4, -0.2) is 40.4 Å². The normalized spacial score (nSPS) is 33.7. The van der Waals surface area contributed by atoms with Crippen molar-refractivity contribution in [3.05, 3.63) is 35.0 Å². The molecule has 5 nitrogen and oxygen atoms in total. The molecule has 1 aromatic heterocycles. The smallest absolute Gasteiger partial charge is 0.253 e. The largest absolute Gasteiger partial charge is 0.390 e. The van der Waals surface area contributed by atoms with E-state index in [9.17, 15) is 9.90 Å². The molecule has 5 atom stereocenters. The van der Waals surface area contributed by atoms with Crippen LogP contribution in [0.25, 0.3) is 10.9 Å². The van der Waals surface area contributed by atoms with E-state index in [1.54, 1.807) is 0 Å². The maximum atomic E-state index is 13.6. The molecule has 2 heterocycles. The van der Waals surface area contributed by atoms with Gasteiger partial charge in [0.05, 0.1) is 41.0 Å². The second-order valence-corrected chi connectivity index (χ2v) is 11.4. The lowest BCUT2D eigenvalue weighted by Gasteiger charge is -2.53. The number of hydrogen-bond donors (Lipinski definition) is 2. The summed E-state index contributed by atoms with van der Waals surface area (Å²) in [6.07, 6.45) is 8.09. The number of benzene rings is 1. The van der Waals surface area contributed by atoms with Gasteiger partial charge in [-0.05, 0) is 81.8 Å². The maximum absolute atomic E-state index is 13.6. The molecular weight excluding hydrogens is 424 g/mol. The van der Waals surface area contributed by atoms with E-state index in [1.165, 1.54) is 6.42 Å². The second kappa shape index (κ2) is 8.03. The van der Waals surface area contributed by atoms with Crippen molar-refractivity contribution < 1.29 is 14.6 Å². The van der Waals surface area contributed by atoms with Crippen molar-refractivity contribution in [1.82, 2.24) is 9.88 Å². The summed E-state index contributed by atoms with van der Waals surface area (Å²) in [7, 11) is 0. The average Bonchev–Trinajstić information content (AvgIpc) is 3.05. The van der Waals surface area contributed by atoms with E-state index < -0.39 is 5.60 Å². The molecule has 1 aliphatic heterocycles. The number of ether oxygens (including phenoxy) is 1. The molecule has 5 rings (SSSR count). The Morgan fingerprint density at radius 2 is 1.97 bits per heavy atom. The molecular formula is C26H35ClN2O3. The van der Waals surface area contributed by atoms with Crippen molar-refractivity contribution in [3.63, 3.8) is 0 Å². The molecule has 1 unspecified atom stereocenters. The Hall–Kier alpha value is -1.56. The number of carbonyl (C=O) groups excluding carboxylic acids is 1. The first-order valence-corrected chi connectivity index (χ1v) is 12.5. The zero-order chi connectivity index (χ0) is 22.7. The predicted molar refractivity (Wildman–Crippen MR) is 127 cm³/mol. The summed E-state index contributed by atoms with van der Waals surface area (Å²) in [4.78, 5) is 13.6. The number of fused-ring (bicyclic) bond motifs is 3. The molecule has 2 N–H and O–H groups in total. The molecule has 3 fully saturated rings. The molecule has 0 radical (unpaired) electrons. The Morgan fingerprint density at radius 1 is 1.28 bits per heavy atom. The van der Waals surface area contributed by atoms with Crippen LogP contribution in [0.3, 0.4) is 0 Å². The summed E-state index contributed by atoms with van der Waals surface area (Å²) in [5.41, 5.74) is 1.17. The van der Waals surface area contributed by atoms with Gasteiger partial charge in [-0.3, -0.25) is 4.79 Å². The molecule has 2 aliphatic carbocycles. The van der Waals surface area contributed by atoms with Crippen molar-refractivity contribution in [2.45, 2.75) is 77.0 Å². The van der Waals surface area contributed by atoms with E-state index in [0.717, 1.165) is 43.0 Å². The van der Waals surface area contributed by atoms with Crippen molar-refractivity contribution in [2.75, 3.05) is 13.2 Å². The monoisotopic (exact) mass is 458 g/mol. The Kier molecular flexibility index (Phi) is 5.58. The van der Waals surface area contributed by atoms with Gasteiger partial charge in [-0.25, -0.2) is 0 Å². The van der Waals surface area contributed by atoms with Crippen molar-refractivity contribution in [3.8, 4) is 0 Å². The SMILES string of the molecule is CC[C@@]1(C(C)NC(=O)c2cn(C3COC3)c3cccc(Cl)c23)C[C@@H]2C[C@@H](C[C@@](C)(O)C2)C1. The summed E-state index contributed by atoms with van der Waals surface area (Å²) in [6, 6.07) is 6.13. The van der Waals surface area contributed by atoms with E-state index in [4.69, 9.17) is 16.3 Å². The van der Waals surface area contributed by atoms with Crippen LogP contribution < -0.4 is 5.32 Å². The number of carbonyl (C=O) groups is 1. The third-order valence-electron chi connectivity index (χ3n) is 8.55. The Balaban J connectivity index is 1.41. The van der Waals surface area contributed by atoms with Crippen LogP contribution >= 0.6 is 11.6 Å². The minimum atomic E-state index is -0.538. The highest BCUT2D eigenvalue weighted by Crippen LogP contribution is 2.54. The summed E-state index contributed by atoms with van der Waals surface area (Å²) < 4.78 is 7.53. The molecule has 6 heteroatoms. The molecule has 2 aromatic rings. The first kappa shape index (κ1) is 22.2. The zero-order valence-electron chi connectivity index (χ0n) is 19.4. The molecule has 1 saturated heterocycles. The fourth-order valence-electron chi connectivity index (χ4n) is 7.01. The Labute approximate surface area is 195 Å². The molecule has 32 heavy (non-hydrogen) atoms. The van der Waals surface area contributed by atoms with Gasteiger partial charge >= 0.3 is 0 Å². The van der Waals surface area contributed by atoms with Crippen LogP contribution in [0.2, 0.25) is 5.02 Å². The van der Waals surface area contributed by atoms with Gasteiger partial charge in [-0.15, -0.1) is 0 Å². The third kappa shape index (κ3) is 3.76. The number of aliphatic hydroxyl groups is 1. The van der Waals surface area contributed by atoms with Gasteiger partial charge in [0.25, 0.3) is 5.91 Å². The lowest BCUT2D eigenvalue weighted by molar-refractivity contribution is -0.0756. The van der Waals surface area contributed by atoms with E-state index in [-0.39, 0.29) is 23.4 Å². The van der Waals surface area contributed by atoms with Crippen molar-refractivity contribution in [1.29, 1.82) is 0 Å². The topological polar surface area (TPSA) is 63.5 Å². The van der Waals surface area contributed by atoms with Crippen LogP contribution in [0.5, 0.6) is 0 Å². The fourth-order valence-corrected chi connectivity index (χ4v) is 7.28. The molecule has 3 aliphatic rings. The van der Waals surface area contributed by atoms with Gasteiger partial charge < -0.3 is 19.7 Å². The number of nitrogens with zero attached hydrogens (tertiary/aromatic N) is 1. The van der Waals surface area contributed by atoms with E-state index in [0.29, 0.717) is 35.6 Å². The number of nitrogens with one attached hydrogen (secondary N) is 1. The summed E-state index contributed by atoms with van der Waals surface area (Å²) in [6.45, 7) is 7.74. The quantitative estimate of drug-likeness (QED) is 0.635. The Bertz CT molecular complexity index is 1010. The molecule has 1 amide bonds. The molecule has 174 valence electrons. The average molecular weight is 459 g/mol. The lowest BCUT2D eigenvalue weighted by Crippen LogP contribution is -2.52. The van der Waals surface area contributed by atoms with Crippen molar-refractivity contribution in [2.24, 2.45) is 17.3 Å². The van der Waals surface area contributed by atoms with Crippen LogP contribution in [0.15, 0.2) is 24.4 Å². The van der Waals surface area contributed by atoms with Gasteiger partial charge in [0.15, 0.2) is 0 Å². The van der Waals surface area contributed by atoms with Gasteiger partial charge in [-0.2, -0.15) is 0 Å². The van der Waals surface area contributed by atoms with Crippen LogP contribution in [0.4, 0.5) is 0 Å². The second-order valence-electron chi connectivity index (χ2n) is 11.0. The minimum Gasteiger partial charge on any atom is -0.390 e. The summed E-state index contributed by atoms with van der Waals surface area (Å²) in [5, 5.41) is 15.5. The third-order valence-corrected chi connectivity index (χ3v) is 8.86. The standard InChI is InChI=1S/C26H35ClN2O3/c1-4-26(11-17-8-18(12-26)10-25(3,31)9-17)16(2)28-24(30)20-13-29(19-14-32-15-19)22-7-5-6-21(27)23(20)22/h5-7,13,16-19,31H,4,8-12,14-15H2,1-3H3,(H,28,30)/t16?,17-,18+,25+,26-. The minimum absolute atomic E-state index is 0.0508. The predicted octanol–water partition coefficient (Wildman–Crippen LogP) is 5.34. The van der Waals surface area contributed by atoms with Gasteiger partial charge in [0.1, 0.15) is 0 Å². The molecule has 2 saturated carbocycles. The first-order chi connectivity index (χ1) is 15.2. The number of aromatic nitrogens is 1.